The summed E-state index contributed by atoms with van der Waals surface area (Å²) < 4.78 is 1.70. The van der Waals surface area contributed by atoms with Gasteiger partial charge in [-0.3, -0.25) is 14.6 Å². The van der Waals surface area contributed by atoms with Gasteiger partial charge in [0.25, 0.3) is 0 Å². The number of pyridine rings is 1. The first-order chi connectivity index (χ1) is 11.7. The van der Waals surface area contributed by atoms with Crippen LogP contribution >= 0.6 is 0 Å². The molecule has 0 aromatic carbocycles. The van der Waals surface area contributed by atoms with Gasteiger partial charge in [0.15, 0.2) is 5.65 Å². The van der Waals surface area contributed by atoms with Crippen LogP contribution in [0.1, 0.15) is 30.0 Å². The molecule has 1 saturated heterocycles. The summed E-state index contributed by atoms with van der Waals surface area (Å²) in [6.07, 6.45) is 7.49. The number of carbonyl (C=O) groups excluding carboxylic acids is 1. The van der Waals surface area contributed by atoms with E-state index in [0.29, 0.717) is 13.1 Å². The summed E-state index contributed by atoms with van der Waals surface area (Å²) in [5.74, 6) is 0.389. The summed E-state index contributed by atoms with van der Waals surface area (Å²) in [4.78, 5) is 19.2. The lowest BCUT2D eigenvalue weighted by atomic mass is 9.94. The fourth-order valence-electron chi connectivity index (χ4n) is 3.31. The van der Waals surface area contributed by atoms with E-state index in [-0.39, 0.29) is 11.8 Å². The second-order valence-electron chi connectivity index (χ2n) is 6.44. The molecule has 7 nitrogen and oxygen atoms in total. The second kappa shape index (κ2) is 6.07. The van der Waals surface area contributed by atoms with E-state index in [4.69, 9.17) is 0 Å². The lowest BCUT2D eigenvalue weighted by Crippen LogP contribution is -2.41. The number of nitrogens with zero attached hydrogens (tertiary/aromatic N) is 5. The summed E-state index contributed by atoms with van der Waals surface area (Å²) in [5, 5.41) is 12.1. The highest BCUT2D eigenvalue weighted by molar-refractivity contribution is 5.76. The maximum atomic E-state index is 12.6. The van der Waals surface area contributed by atoms with Gasteiger partial charge in [0.2, 0.25) is 5.91 Å². The average molecular weight is 324 g/mol. The fourth-order valence-corrected chi connectivity index (χ4v) is 3.31. The molecule has 1 amide bonds. The van der Waals surface area contributed by atoms with Gasteiger partial charge in [0, 0.05) is 36.3 Å². The molecular formula is C17H20N6O. The molecule has 0 bridgehead atoms. The average Bonchev–Trinajstić information content (AvgIpc) is 3.23. The van der Waals surface area contributed by atoms with Crippen molar-refractivity contribution in [1.29, 1.82) is 0 Å². The van der Waals surface area contributed by atoms with E-state index in [1.54, 1.807) is 17.1 Å². The van der Waals surface area contributed by atoms with Gasteiger partial charge in [-0.2, -0.15) is 10.2 Å². The monoisotopic (exact) mass is 324 g/mol. The Kier molecular flexibility index (Phi) is 3.76. The predicted octanol–water partition coefficient (Wildman–Crippen LogP) is 1.87. The summed E-state index contributed by atoms with van der Waals surface area (Å²) in [6.45, 7) is 3.79. The molecule has 124 valence electrons. The van der Waals surface area contributed by atoms with Gasteiger partial charge in [-0.15, -0.1) is 0 Å². The van der Waals surface area contributed by atoms with E-state index in [1.807, 2.05) is 30.2 Å². The molecule has 24 heavy (non-hydrogen) atoms. The first kappa shape index (κ1) is 14.9. The van der Waals surface area contributed by atoms with E-state index < -0.39 is 0 Å². The summed E-state index contributed by atoms with van der Waals surface area (Å²) >= 11 is 0. The lowest BCUT2D eigenvalue weighted by molar-refractivity contribution is -0.133. The number of nitrogens with one attached hydrogen (secondary N) is 1. The Bertz CT molecular complexity index is 867. The van der Waals surface area contributed by atoms with Crippen LogP contribution in [0.15, 0.2) is 30.7 Å². The maximum Gasteiger partial charge on any atom is 0.244 e. The minimum atomic E-state index is 0.116. The number of hydrogen-bond donors (Lipinski definition) is 1. The largest absolute Gasteiger partial charge is 0.340 e. The zero-order valence-corrected chi connectivity index (χ0v) is 13.6. The third kappa shape index (κ3) is 2.89. The van der Waals surface area contributed by atoms with E-state index in [9.17, 15) is 4.79 Å². The van der Waals surface area contributed by atoms with Gasteiger partial charge in [-0.1, -0.05) is 0 Å². The number of fused-ring (bicyclic) bond motifs is 1. The van der Waals surface area contributed by atoms with E-state index >= 15 is 0 Å². The van der Waals surface area contributed by atoms with E-state index in [1.165, 1.54) is 0 Å². The second-order valence-corrected chi connectivity index (χ2v) is 6.44. The Morgan fingerprint density at radius 1 is 1.38 bits per heavy atom. The normalized spacial score (nSPS) is 18.2. The molecule has 0 saturated carbocycles. The standard InChI is InChI=1S/C17H20N6O/c1-12-7-19-23(9-12)11-16(24)22-6-2-3-14(10-22)15-5-4-13-8-18-21-17(13)20-15/h4-5,7-9,14H,2-3,6,10-11H2,1H3,(H,18,20,21). The van der Waals surface area contributed by atoms with Gasteiger partial charge in [-0.05, 0) is 37.5 Å². The molecule has 1 aliphatic heterocycles. The van der Waals surface area contributed by atoms with Crippen molar-refractivity contribution in [2.75, 3.05) is 13.1 Å². The topological polar surface area (TPSA) is 79.7 Å². The number of amides is 1. The molecule has 1 unspecified atom stereocenters. The number of rotatable bonds is 3. The van der Waals surface area contributed by atoms with Crippen LogP contribution in [-0.4, -0.2) is 48.9 Å². The van der Waals surface area contributed by atoms with Crippen LogP contribution in [0, 0.1) is 6.92 Å². The molecule has 1 aliphatic rings. The summed E-state index contributed by atoms with van der Waals surface area (Å²) in [5.41, 5.74) is 2.90. The smallest absolute Gasteiger partial charge is 0.244 e. The zero-order chi connectivity index (χ0) is 16.5. The van der Waals surface area contributed by atoms with E-state index in [2.05, 4.69) is 20.3 Å². The number of carbonyl (C=O) groups is 1. The number of H-pyrrole nitrogens is 1. The van der Waals surface area contributed by atoms with E-state index in [0.717, 1.165) is 41.7 Å². The molecular weight excluding hydrogens is 304 g/mol. The minimum absolute atomic E-state index is 0.116. The highest BCUT2D eigenvalue weighted by Crippen LogP contribution is 2.26. The first-order valence-corrected chi connectivity index (χ1v) is 8.26. The Hall–Kier alpha value is -2.70. The summed E-state index contributed by atoms with van der Waals surface area (Å²) in [6, 6.07) is 4.09. The SMILES string of the molecule is Cc1cnn(CC(=O)N2CCCC(c3ccc4cn[nH]c4n3)C2)c1. The molecule has 1 atom stereocenters. The van der Waals surface area contributed by atoms with Crippen LogP contribution in [0.2, 0.25) is 0 Å². The predicted molar refractivity (Wildman–Crippen MR) is 89.4 cm³/mol. The van der Waals surface area contributed by atoms with Gasteiger partial charge in [0.05, 0.1) is 12.4 Å². The van der Waals surface area contributed by atoms with Crippen molar-refractivity contribution in [3.63, 3.8) is 0 Å². The fraction of sp³-hybridized carbons (Fsp3) is 0.412. The van der Waals surface area contributed by atoms with Crippen LogP contribution in [0.4, 0.5) is 0 Å². The van der Waals surface area contributed by atoms with Crippen molar-refractivity contribution in [3.05, 3.63) is 42.0 Å². The Morgan fingerprint density at radius 3 is 3.12 bits per heavy atom. The van der Waals surface area contributed by atoms with Crippen LogP contribution in [0.25, 0.3) is 11.0 Å². The Labute approximate surface area is 139 Å². The lowest BCUT2D eigenvalue weighted by Gasteiger charge is -2.32. The molecule has 1 N–H and O–H groups in total. The molecule has 0 spiro atoms. The van der Waals surface area contributed by atoms with Crippen LogP contribution in [0.5, 0.6) is 0 Å². The quantitative estimate of drug-likeness (QED) is 0.797. The molecule has 0 aliphatic carbocycles. The van der Waals surface area contributed by atoms with Crippen LogP contribution in [0.3, 0.4) is 0 Å². The van der Waals surface area contributed by atoms with Gasteiger partial charge in [0.1, 0.15) is 6.54 Å². The van der Waals surface area contributed by atoms with Crippen molar-refractivity contribution in [2.45, 2.75) is 32.2 Å². The summed E-state index contributed by atoms with van der Waals surface area (Å²) in [7, 11) is 0. The number of likely N-dealkylation sites (tertiary alicyclic amines) is 1. The molecule has 7 heteroatoms. The number of piperidine rings is 1. The van der Waals surface area contributed by atoms with Crippen molar-refractivity contribution in [3.8, 4) is 0 Å². The first-order valence-electron chi connectivity index (χ1n) is 8.26. The number of hydrogen-bond acceptors (Lipinski definition) is 4. The molecule has 1 fully saturated rings. The van der Waals surface area contributed by atoms with Crippen LogP contribution < -0.4 is 0 Å². The van der Waals surface area contributed by atoms with Crippen molar-refractivity contribution >= 4 is 16.9 Å². The highest BCUT2D eigenvalue weighted by Gasteiger charge is 2.26. The molecule has 4 heterocycles. The third-order valence-corrected chi connectivity index (χ3v) is 4.57. The van der Waals surface area contributed by atoms with Crippen molar-refractivity contribution < 1.29 is 4.79 Å². The number of aryl methyl sites for hydroxylation is 1. The minimum Gasteiger partial charge on any atom is -0.340 e. The molecule has 4 rings (SSSR count). The highest BCUT2D eigenvalue weighted by atomic mass is 16.2. The van der Waals surface area contributed by atoms with Crippen LogP contribution in [-0.2, 0) is 11.3 Å². The molecule has 3 aromatic heterocycles. The zero-order valence-electron chi connectivity index (χ0n) is 13.6. The van der Waals surface area contributed by atoms with Crippen molar-refractivity contribution in [2.24, 2.45) is 0 Å². The molecule has 0 radical (unpaired) electrons. The number of aromatic amines is 1. The number of aromatic nitrogens is 5. The third-order valence-electron chi connectivity index (χ3n) is 4.57. The van der Waals surface area contributed by atoms with Crippen molar-refractivity contribution in [1.82, 2.24) is 29.9 Å². The Morgan fingerprint density at radius 2 is 2.29 bits per heavy atom. The van der Waals surface area contributed by atoms with Gasteiger partial charge in [-0.25, -0.2) is 4.98 Å². The Balaban J connectivity index is 1.47. The van der Waals surface area contributed by atoms with Gasteiger partial charge >= 0.3 is 0 Å². The maximum absolute atomic E-state index is 12.6. The van der Waals surface area contributed by atoms with Gasteiger partial charge < -0.3 is 4.90 Å². The molecule has 3 aromatic rings.